The number of rotatable bonds is 5. The van der Waals surface area contributed by atoms with Crippen LogP contribution in [0.25, 0.3) is 6.08 Å². The first-order chi connectivity index (χ1) is 13.7. The van der Waals surface area contributed by atoms with Crippen molar-refractivity contribution in [2.24, 2.45) is 0 Å². The van der Waals surface area contributed by atoms with Crippen molar-refractivity contribution in [3.8, 4) is 0 Å². The zero-order valence-electron chi connectivity index (χ0n) is 15.3. The summed E-state index contributed by atoms with van der Waals surface area (Å²) in [5.74, 6) is -0.628. The first-order valence-corrected chi connectivity index (χ1v) is 8.94. The first kappa shape index (κ1) is 20.4. The second-order valence-corrected chi connectivity index (χ2v) is 6.60. The lowest BCUT2D eigenvalue weighted by Crippen LogP contribution is -2.21. The molecule has 152 valence electrons. The minimum absolute atomic E-state index is 0.0791. The van der Waals surface area contributed by atoms with E-state index < -0.39 is 22.6 Å². The number of carbonyl (C=O) groups is 1. The highest BCUT2D eigenvalue weighted by molar-refractivity contribution is 6.04. The van der Waals surface area contributed by atoms with E-state index >= 15 is 0 Å². The molecular formula is C20H18F3N3O3. The number of nitro groups is 1. The van der Waals surface area contributed by atoms with Crippen LogP contribution in [0.3, 0.4) is 0 Å². The maximum atomic E-state index is 13.1. The first-order valence-electron chi connectivity index (χ1n) is 8.94. The molecule has 2 aromatic rings. The Bertz CT molecular complexity index is 951. The lowest BCUT2D eigenvalue weighted by molar-refractivity contribution is -0.384. The van der Waals surface area contributed by atoms with Crippen LogP contribution < -0.4 is 10.2 Å². The number of carbonyl (C=O) groups excluding carboxylic acids is 1. The zero-order chi connectivity index (χ0) is 21.0. The van der Waals surface area contributed by atoms with Crippen molar-refractivity contribution in [2.75, 3.05) is 23.3 Å². The molecule has 0 saturated carbocycles. The van der Waals surface area contributed by atoms with Gasteiger partial charge >= 0.3 is 6.18 Å². The van der Waals surface area contributed by atoms with Crippen LogP contribution in [0.4, 0.5) is 30.2 Å². The van der Waals surface area contributed by atoms with E-state index in [2.05, 4.69) is 5.32 Å². The predicted molar refractivity (Wildman–Crippen MR) is 104 cm³/mol. The van der Waals surface area contributed by atoms with Crippen molar-refractivity contribution < 1.29 is 22.9 Å². The van der Waals surface area contributed by atoms with Crippen molar-refractivity contribution in [2.45, 2.75) is 19.0 Å². The van der Waals surface area contributed by atoms with Crippen LogP contribution in [0, 0.1) is 10.1 Å². The van der Waals surface area contributed by atoms with Crippen molar-refractivity contribution in [3.05, 3.63) is 69.8 Å². The van der Waals surface area contributed by atoms with Crippen molar-refractivity contribution >= 4 is 29.0 Å². The van der Waals surface area contributed by atoms with Crippen LogP contribution in [-0.4, -0.2) is 23.9 Å². The third-order valence-corrected chi connectivity index (χ3v) is 4.54. The van der Waals surface area contributed by atoms with Crippen molar-refractivity contribution in [3.63, 3.8) is 0 Å². The van der Waals surface area contributed by atoms with Crippen molar-refractivity contribution in [1.82, 2.24) is 0 Å². The van der Waals surface area contributed by atoms with Gasteiger partial charge in [-0.1, -0.05) is 12.1 Å². The molecule has 1 N–H and O–H groups in total. The summed E-state index contributed by atoms with van der Waals surface area (Å²) in [5.41, 5.74) is 0.0707. The van der Waals surface area contributed by atoms with Gasteiger partial charge in [-0.25, -0.2) is 0 Å². The number of non-ortho nitro benzene ring substituents is 1. The van der Waals surface area contributed by atoms with E-state index in [0.717, 1.165) is 31.1 Å². The van der Waals surface area contributed by atoms with Crippen LogP contribution in [0.15, 0.2) is 48.5 Å². The Hall–Kier alpha value is -3.36. The molecule has 3 rings (SSSR count). The highest BCUT2D eigenvalue weighted by Crippen LogP contribution is 2.36. The van der Waals surface area contributed by atoms with E-state index in [-0.39, 0.29) is 11.4 Å². The van der Waals surface area contributed by atoms with E-state index in [0.29, 0.717) is 24.3 Å². The number of hydrogen-bond donors (Lipinski definition) is 1. The quantitative estimate of drug-likeness (QED) is 0.438. The van der Waals surface area contributed by atoms with Crippen LogP contribution in [0.2, 0.25) is 0 Å². The molecule has 0 atom stereocenters. The Morgan fingerprint density at radius 3 is 2.52 bits per heavy atom. The van der Waals surface area contributed by atoms with E-state index in [1.807, 2.05) is 4.90 Å². The van der Waals surface area contributed by atoms with Gasteiger partial charge in [0.25, 0.3) is 5.69 Å². The molecule has 1 heterocycles. The molecule has 1 fully saturated rings. The van der Waals surface area contributed by atoms with Gasteiger partial charge < -0.3 is 10.2 Å². The number of anilines is 2. The van der Waals surface area contributed by atoms with Gasteiger partial charge in [0.05, 0.1) is 21.9 Å². The van der Waals surface area contributed by atoms with Crippen molar-refractivity contribution in [1.29, 1.82) is 0 Å². The molecule has 2 aromatic carbocycles. The van der Waals surface area contributed by atoms with Gasteiger partial charge in [-0.05, 0) is 42.7 Å². The molecule has 1 saturated heterocycles. The number of nitrogens with zero attached hydrogens (tertiary/aromatic N) is 2. The van der Waals surface area contributed by atoms with E-state index in [9.17, 15) is 28.1 Å². The predicted octanol–water partition coefficient (Wildman–Crippen LogP) is 4.87. The number of nitrogens with one attached hydrogen (secondary N) is 1. The SMILES string of the molecule is O=C(/C=C/c1cccc([N+](=O)[O-])c1)Nc1cc(C(F)(F)F)ccc1N1CCCC1. The van der Waals surface area contributed by atoms with Gasteiger partial charge in [0.15, 0.2) is 0 Å². The number of alkyl halides is 3. The average Bonchev–Trinajstić information content (AvgIpc) is 3.20. The third-order valence-electron chi connectivity index (χ3n) is 4.54. The molecule has 1 aliphatic rings. The molecular weight excluding hydrogens is 387 g/mol. The Labute approximate surface area is 164 Å². The lowest BCUT2D eigenvalue weighted by Gasteiger charge is -2.22. The molecule has 1 aliphatic heterocycles. The number of halogens is 3. The summed E-state index contributed by atoms with van der Waals surface area (Å²) >= 11 is 0. The molecule has 6 nitrogen and oxygen atoms in total. The largest absolute Gasteiger partial charge is 0.416 e. The van der Waals surface area contributed by atoms with Crippen LogP contribution in [0.5, 0.6) is 0 Å². The smallest absolute Gasteiger partial charge is 0.370 e. The summed E-state index contributed by atoms with van der Waals surface area (Å²) < 4.78 is 39.3. The molecule has 0 bridgehead atoms. The minimum Gasteiger partial charge on any atom is -0.370 e. The van der Waals surface area contributed by atoms with Gasteiger partial charge in [-0.15, -0.1) is 0 Å². The standard InChI is InChI=1S/C20H18F3N3O3/c21-20(22,23)15-7-8-18(25-10-1-2-11-25)17(13-15)24-19(27)9-6-14-4-3-5-16(12-14)26(28)29/h3-9,12-13H,1-2,10-11H2,(H,24,27)/b9-6+. The molecule has 0 spiro atoms. The zero-order valence-corrected chi connectivity index (χ0v) is 15.3. The Morgan fingerprint density at radius 1 is 1.14 bits per heavy atom. The Morgan fingerprint density at radius 2 is 1.86 bits per heavy atom. The summed E-state index contributed by atoms with van der Waals surface area (Å²) in [7, 11) is 0. The lowest BCUT2D eigenvalue weighted by atomic mass is 10.1. The summed E-state index contributed by atoms with van der Waals surface area (Å²) in [6, 6.07) is 8.97. The summed E-state index contributed by atoms with van der Waals surface area (Å²) in [4.78, 5) is 24.5. The van der Waals surface area contributed by atoms with Gasteiger partial charge in [0.1, 0.15) is 0 Å². The van der Waals surface area contributed by atoms with E-state index in [4.69, 9.17) is 0 Å². The third kappa shape index (κ3) is 5.13. The molecule has 0 aromatic heterocycles. The molecule has 29 heavy (non-hydrogen) atoms. The minimum atomic E-state index is -4.53. The van der Waals surface area contributed by atoms with Gasteiger partial charge in [0.2, 0.25) is 5.91 Å². The van der Waals surface area contributed by atoms with Gasteiger partial charge in [0, 0.05) is 31.3 Å². The monoisotopic (exact) mass is 405 g/mol. The normalized spacial score (nSPS) is 14.4. The fourth-order valence-electron chi connectivity index (χ4n) is 3.13. The maximum absolute atomic E-state index is 13.1. The van der Waals surface area contributed by atoms with E-state index in [1.54, 1.807) is 6.07 Å². The maximum Gasteiger partial charge on any atom is 0.416 e. The van der Waals surface area contributed by atoms with Crippen LogP contribution in [0.1, 0.15) is 24.0 Å². The molecule has 0 aliphatic carbocycles. The summed E-state index contributed by atoms with van der Waals surface area (Å²) in [6.07, 6.45) is -0.164. The number of amides is 1. The summed E-state index contributed by atoms with van der Waals surface area (Å²) in [5, 5.41) is 13.3. The van der Waals surface area contributed by atoms with Crippen LogP contribution in [-0.2, 0) is 11.0 Å². The number of benzene rings is 2. The van der Waals surface area contributed by atoms with Gasteiger partial charge in [-0.3, -0.25) is 14.9 Å². The molecule has 0 unspecified atom stereocenters. The van der Waals surface area contributed by atoms with Crippen LogP contribution >= 0.6 is 0 Å². The fraction of sp³-hybridized carbons (Fsp3) is 0.250. The second kappa shape index (κ2) is 8.34. The molecule has 0 radical (unpaired) electrons. The van der Waals surface area contributed by atoms with E-state index in [1.165, 1.54) is 30.3 Å². The fourth-order valence-corrected chi connectivity index (χ4v) is 3.13. The highest BCUT2D eigenvalue weighted by Gasteiger charge is 2.31. The average molecular weight is 405 g/mol. The topological polar surface area (TPSA) is 75.5 Å². The number of nitro benzene ring substituents is 1. The molecule has 1 amide bonds. The van der Waals surface area contributed by atoms with Gasteiger partial charge in [-0.2, -0.15) is 13.2 Å². The Balaban J connectivity index is 1.82. The summed E-state index contributed by atoms with van der Waals surface area (Å²) in [6.45, 7) is 1.41. The highest BCUT2D eigenvalue weighted by atomic mass is 19.4. The second-order valence-electron chi connectivity index (χ2n) is 6.60. The number of hydrogen-bond acceptors (Lipinski definition) is 4. The molecule has 9 heteroatoms. The Kier molecular flexibility index (Phi) is 5.86.